The summed E-state index contributed by atoms with van der Waals surface area (Å²) in [5.41, 5.74) is 1.16. The van der Waals surface area contributed by atoms with Gasteiger partial charge >= 0.3 is 0 Å². The third-order valence-corrected chi connectivity index (χ3v) is 3.63. The van der Waals surface area contributed by atoms with Crippen LogP contribution in [0.3, 0.4) is 0 Å². The van der Waals surface area contributed by atoms with Crippen LogP contribution in [-0.2, 0) is 10.3 Å². The van der Waals surface area contributed by atoms with Crippen LogP contribution in [0.25, 0.3) is 17.1 Å². The molecule has 0 bridgehead atoms. The molecule has 0 saturated carbocycles. The van der Waals surface area contributed by atoms with Gasteiger partial charge in [0.1, 0.15) is 11.9 Å². The molecule has 3 aromatic rings. The molecule has 1 fully saturated rings. The van der Waals surface area contributed by atoms with Crippen LogP contribution in [0, 0.1) is 0 Å². The molecular formula is C13H13N5O2. The number of hydrogen-bond donors (Lipinski definition) is 0. The first-order valence-corrected chi connectivity index (χ1v) is 6.52. The van der Waals surface area contributed by atoms with Gasteiger partial charge in [-0.15, -0.1) is 20.4 Å². The van der Waals surface area contributed by atoms with E-state index in [9.17, 15) is 0 Å². The molecule has 3 aromatic heterocycles. The molecule has 1 unspecified atom stereocenters. The van der Waals surface area contributed by atoms with Gasteiger partial charge in [0.05, 0.1) is 5.56 Å². The molecule has 0 radical (unpaired) electrons. The van der Waals surface area contributed by atoms with E-state index in [-0.39, 0.29) is 0 Å². The highest BCUT2D eigenvalue weighted by Gasteiger charge is 2.37. The summed E-state index contributed by atoms with van der Waals surface area (Å²) in [4.78, 5) is 0. The van der Waals surface area contributed by atoms with Gasteiger partial charge in [-0.3, -0.25) is 4.40 Å². The fourth-order valence-corrected chi connectivity index (χ4v) is 2.46. The first-order chi connectivity index (χ1) is 9.74. The molecule has 7 nitrogen and oxygen atoms in total. The van der Waals surface area contributed by atoms with E-state index >= 15 is 0 Å². The summed E-state index contributed by atoms with van der Waals surface area (Å²) in [6.07, 6.45) is 5.42. The lowest BCUT2D eigenvalue weighted by molar-refractivity contribution is -0.00503. The highest BCUT2D eigenvalue weighted by atomic mass is 16.5. The smallest absolute Gasteiger partial charge is 0.249 e. The Labute approximate surface area is 114 Å². The molecular weight excluding hydrogens is 258 g/mol. The topological polar surface area (TPSA) is 78.3 Å². The van der Waals surface area contributed by atoms with Crippen molar-refractivity contribution in [3.8, 4) is 11.5 Å². The fraction of sp³-hybridized carbons (Fsp3) is 0.385. The monoisotopic (exact) mass is 271 g/mol. The number of fused-ring (bicyclic) bond motifs is 1. The van der Waals surface area contributed by atoms with Crippen LogP contribution in [0.1, 0.15) is 25.7 Å². The second-order valence-corrected chi connectivity index (χ2v) is 5.11. The van der Waals surface area contributed by atoms with Crippen molar-refractivity contribution in [3.63, 3.8) is 0 Å². The molecule has 0 spiro atoms. The first kappa shape index (κ1) is 11.5. The van der Waals surface area contributed by atoms with E-state index in [1.54, 1.807) is 6.33 Å². The lowest BCUT2D eigenvalue weighted by Crippen LogP contribution is -2.20. The molecule has 0 amide bonds. The maximum absolute atomic E-state index is 5.78. The third kappa shape index (κ3) is 1.70. The average Bonchev–Trinajstić information content (AvgIpc) is 3.18. The van der Waals surface area contributed by atoms with E-state index in [1.165, 1.54) is 0 Å². The van der Waals surface area contributed by atoms with E-state index in [2.05, 4.69) is 20.4 Å². The molecule has 0 aliphatic carbocycles. The zero-order chi connectivity index (χ0) is 13.6. The highest BCUT2D eigenvalue weighted by Crippen LogP contribution is 2.35. The number of pyridine rings is 1. The molecule has 7 heteroatoms. The molecule has 1 atom stereocenters. The SMILES string of the molecule is CC1(c2nnc(-c3ccc4nncn4c3)o2)CCCO1. The number of nitrogens with zero attached hydrogens (tertiary/aromatic N) is 5. The zero-order valence-corrected chi connectivity index (χ0v) is 11.0. The molecule has 0 aromatic carbocycles. The van der Waals surface area contributed by atoms with Gasteiger partial charge in [0.25, 0.3) is 0 Å². The number of ether oxygens (including phenoxy) is 1. The lowest BCUT2D eigenvalue weighted by atomic mass is 10.0. The molecule has 0 N–H and O–H groups in total. The molecule has 1 aliphatic heterocycles. The summed E-state index contributed by atoms with van der Waals surface area (Å²) in [6.45, 7) is 2.72. The third-order valence-electron chi connectivity index (χ3n) is 3.63. The average molecular weight is 271 g/mol. The summed E-state index contributed by atoms with van der Waals surface area (Å²) >= 11 is 0. The van der Waals surface area contributed by atoms with Crippen molar-refractivity contribution in [1.29, 1.82) is 0 Å². The summed E-state index contributed by atoms with van der Waals surface area (Å²) in [7, 11) is 0. The predicted molar refractivity (Wildman–Crippen MR) is 68.8 cm³/mol. The maximum Gasteiger partial charge on any atom is 0.249 e. The first-order valence-electron chi connectivity index (χ1n) is 6.52. The van der Waals surface area contributed by atoms with E-state index in [0.717, 1.165) is 30.7 Å². The van der Waals surface area contributed by atoms with Gasteiger partial charge in [-0.1, -0.05) is 0 Å². The fourth-order valence-electron chi connectivity index (χ4n) is 2.46. The minimum Gasteiger partial charge on any atom is -0.417 e. The Morgan fingerprint density at radius 2 is 2.20 bits per heavy atom. The van der Waals surface area contributed by atoms with Crippen LogP contribution < -0.4 is 0 Å². The van der Waals surface area contributed by atoms with Crippen molar-refractivity contribution >= 4 is 5.65 Å². The highest BCUT2D eigenvalue weighted by molar-refractivity contribution is 5.55. The molecule has 102 valence electrons. The second kappa shape index (κ2) is 4.11. The molecule has 20 heavy (non-hydrogen) atoms. The molecule has 1 saturated heterocycles. The van der Waals surface area contributed by atoms with Gasteiger partial charge in [0.2, 0.25) is 11.8 Å². The number of hydrogen-bond acceptors (Lipinski definition) is 6. The van der Waals surface area contributed by atoms with Gasteiger partial charge in [-0.25, -0.2) is 0 Å². The molecule has 4 rings (SSSR count). The Hall–Kier alpha value is -2.28. The van der Waals surface area contributed by atoms with E-state index in [1.807, 2.05) is 29.7 Å². The van der Waals surface area contributed by atoms with E-state index in [0.29, 0.717) is 11.8 Å². The zero-order valence-electron chi connectivity index (χ0n) is 11.0. The lowest BCUT2D eigenvalue weighted by Gasteiger charge is -2.17. The van der Waals surface area contributed by atoms with Gasteiger partial charge in [-0.2, -0.15) is 0 Å². The minimum atomic E-state index is -0.452. The summed E-state index contributed by atoms with van der Waals surface area (Å²) in [6, 6.07) is 3.75. The van der Waals surface area contributed by atoms with E-state index < -0.39 is 5.60 Å². The van der Waals surface area contributed by atoms with Crippen LogP contribution in [0.2, 0.25) is 0 Å². The summed E-state index contributed by atoms with van der Waals surface area (Å²) in [5, 5.41) is 16.0. The van der Waals surface area contributed by atoms with Crippen LogP contribution in [0.15, 0.2) is 29.1 Å². The predicted octanol–water partition coefficient (Wildman–Crippen LogP) is 1.80. The van der Waals surface area contributed by atoms with Crippen LogP contribution in [-0.4, -0.2) is 31.4 Å². The van der Waals surface area contributed by atoms with Gasteiger partial charge in [0, 0.05) is 12.8 Å². The number of aromatic nitrogens is 5. The van der Waals surface area contributed by atoms with Crippen molar-refractivity contribution < 1.29 is 9.15 Å². The maximum atomic E-state index is 5.78. The Bertz CT molecular complexity index is 757. The van der Waals surface area contributed by atoms with Gasteiger partial charge < -0.3 is 9.15 Å². The van der Waals surface area contributed by atoms with Crippen molar-refractivity contribution in [3.05, 3.63) is 30.5 Å². The summed E-state index contributed by atoms with van der Waals surface area (Å²) < 4.78 is 13.3. The Morgan fingerprint density at radius 1 is 1.25 bits per heavy atom. The Kier molecular flexibility index (Phi) is 2.37. The molecule has 4 heterocycles. The van der Waals surface area contributed by atoms with Gasteiger partial charge in [0.15, 0.2) is 5.65 Å². The van der Waals surface area contributed by atoms with Crippen LogP contribution in [0.5, 0.6) is 0 Å². The number of rotatable bonds is 2. The van der Waals surface area contributed by atoms with Crippen molar-refractivity contribution in [2.45, 2.75) is 25.4 Å². The largest absolute Gasteiger partial charge is 0.417 e. The van der Waals surface area contributed by atoms with E-state index in [4.69, 9.17) is 9.15 Å². The normalized spacial score (nSPS) is 22.6. The quantitative estimate of drug-likeness (QED) is 0.707. The second-order valence-electron chi connectivity index (χ2n) is 5.11. The standard InChI is InChI=1S/C13H13N5O2/c1-13(5-2-6-19-13)12-17-16-11(20-12)9-3-4-10-15-14-8-18(10)7-9/h3-4,7-8H,2,5-6H2,1H3. The van der Waals surface area contributed by atoms with Crippen LogP contribution >= 0.6 is 0 Å². The van der Waals surface area contributed by atoms with Gasteiger partial charge in [-0.05, 0) is 31.9 Å². The van der Waals surface area contributed by atoms with Crippen LogP contribution in [0.4, 0.5) is 0 Å². The van der Waals surface area contributed by atoms with Crippen molar-refractivity contribution in [2.75, 3.05) is 6.61 Å². The minimum absolute atomic E-state index is 0.452. The van der Waals surface area contributed by atoms with Crippen molar-refractivity contribution in [2.24, 2.45) is 0 Å². The Morgan fingerprint density at radius 3 is 3.05 bits per heavy atom. The molecule has 1 aliphatic rings. The Balaban J connectivity index is 1.73. The van der Waals surface area contributed by atoms with Crippen molar-refractivity contribution in [1.82, 2.24) is 24.8 Å². The summed E-state index contributed by atoms with van der Waals surface area (Å²) in [5.74, 6) is 1.01.